The third-order valence-corrected chi connectivity index (χ3v) is 3.42. The molecule has 1 aromatic heterocycles. The number of aryl methyl sites for hydroxylation is 2. The molecule has 0 fully saturated rings. The van der Waals surface area contributed by atoms with Crippen LogP contribution in [0.4, 0.5) is 0 Å². The molecule has 6 heteroatoms. The predicted octanol–water partition coefficient (Wildman–Crippen LogP) is 1.89. The number of benzene rings is 1. The first kappa shape index (κ1) is 15.8. The van der Waals surface area contributed by atoms with Crippen molar-refractivity contribution in [3.8, 4) is 0 Å². The molecule has 0 saturated carbocycles. The van der Waals surface area contributed by atoms with Crippen molar-refractivity contribution in [2.75, 3.05) is 26.1 Å². The van der Waals surface area contributed by atoms with Crippen molar-refractivity contribution in [2.24, 2.45) is 0 Å². The van der Waals surface area contributed by atoms with Crippen LogP contribution in [0.15, 0.2) is 18.2 Å². The number of amides is 1. The zero-order valence-corrected chi connectivity index (χ0v) is 13.1. The Morgan fingerprint density at radius 3 is 3.00 bits per heavy atom. The van der Waals surface area contributed by atoms with Crippen molar-refractivity contribution in [2.45, 2.75) is 19.9 Å². The van der Waals surface area contributed by atoms with Crippen LogP contribution in [0.2, 0.25) is 0 Å². The molecule has 0 atom stereocenters. The number of hydrogen-bond acceptors (Lipinski definition) is 3. The van der Waals surface area contributed by atoms with Gasteiger partial charge in [0, 0.05) is 26.0 Å². The number of nitrogens with one attached hydrogen (secondary N) is 1. The summed E-state index contributed by atoms with van der Waals surface area (Å²) >= 11 is 5.84. The van der Waals surface area contributed by atoms with E-state index in [9.17, 15) is 4.79 Å². The molecule has 1 N–H and O–H groups in total. The molecular weight excluding hydrogens is 290 g/mol. The van der Waals surface area contributed by atoms with Gasteiger partial charge in [0.05, 0.1) is 17.6 Å². The largest absolute Gasteiger partial charge is 0.383 e. The molecule has 1 amide bonds. The van der Waals surface area contributed by atoms with Crippen molar-refractivity contribution in [3.05, 3.63) is 29.6 Å². The summed E-state index contributed by atoms with van der Waals surface area (Å²) in [6.07, 6.45) is 0.640. The number of carbonyl (C=O) groups excluding carboxylic acids is 1. The molecule has 0 radical (unpaired) electrons. The first-order valence-electron chi connectivity index (χ1n) is 6.93. The summed E-state index contributed by atoms with van der Waals surface area (Å²) in [6, 6.07) is 6.04. The van der Waals surface area contributed by atoms with E-state index >= 15 is 0 Å². The fourth-order valence-electron chi connectivity index (χ4n) is 2.23. The Kier molecular flexibility index (Phi) is 5.59. The van der Waals surface area contributed by atoms with E-state index in [1.165, 1.54) is 0 Å². The van der Waals surface area contributed by atoms with Crippen molar-refractivity contribution in [1.29, 1.82) is 0 Å². The lowest BCUT2D eigenvalue weighted by atomic mass is 10.2. The van der Waals surface area contributed by atoms with Gasteiger partial charge < -0.3 is 14.6 Å². The number of imidazole rings is 1. The highest BCUT2D eigenvalue weighted by molar-refractivity contribution is 6.17. The van der Waals surface area contributed by atoms with Crippen LogP contribution in [0.5, 0.6) is 0 Å². The smallest absolute Gasteiger partial charge is 0.240 e. The molecule has 21 heavy (non-hydrogen) atoms. The summed E-state index contributed by atoms with van der Waals surface area (Å²) in [7, 11) is 1.61. The Morgan fingerprint density at radius 1 is 1.48 bits per heavy atom. The lowest BCUT2D eigenvalue weighted by Crippen LogP contribution is -2.30. The van der Waals surface area contributed by atoms with Crippen molar-refractivity contribution >= 4 is 28.5 Å². The van der Waals surface area contributed by atoms with E-state index in [0.29, 0.717) is 25.5 Å². The van der Waals surface area contributed by atoms with Crippen LogP contribution in [0.25, 0.3) is 11.0 Å². The number of halogens is 1. The van der Waals surface area contributed by atoms with Crippen LogP contribution in [0.3, 0.4) is 0 Å². The average Bonchev–Trinajstić information content (AvgIpc) is 2.76. The topological polar surface area (TPSA) is 56.1 Å². The molecule has 1 aromatic carbocycles. The van der Waals surface area contributed by atoms with Gasteiger partial charge in [-0.2, -0.15) is 0 Å². The van der Waals surface area contributed by atoms with Crippen LogP contribution in [-0.2, 0) is 22.5 Å². The van der Waals surface area contributed by atoms with Crippen molar-refractivity contribution < 1.29 is 9.53 Å². The minimum absolute atomic E-state index is 0.0530. The number of carbonyl (C=O) groups is 1. The zero-order valence-electron chi connectivity index (χ0n) is 12.4. The SMILES string of the molecule is COCCNC(=O)Cn1c(CCCl)nc2cc(C)ccc21. The summed E-state index contributed by atoms with van der Waals surface area (Å²) in [5, 5.41) is 2.82. The monoisotopic (exact) mass is 309 g/mol. The summed E-state index contributed by atoms with van der Waals surface area (Å²) in [5.41, 5.74) is 3.01. The molecule has 114 valence electrons. The third-order valence-electron chi connectivity index (χ3n) is 3.23. The van der Waals surface area contributed by atoms with Crippen LogP contribution >= 0.6 is 11.6 Å². The van der Waals surface area contributed by atoms with Gasteiger partial charge in [0.25, 0.3) is 0 Å². The fourth-order valence-corrected chi connectivity index (χ4v) is 2.40. The van der Waals surface area contributed by atoms with Gasteiger partial charge in [0.1, 0.15) is 12.4 Å². The van der Waals surface area contributed by atoms with Crippen LogP contribution in [0.1, 0.15) is 11.4 Å². The van der Waals surface area contributed by atoms with Crippen LogP contribution < -0.4 is 5.32 Å². The molecule has 5 nitrogen and oxygen atoms in total. The summed E-state index contributed by atoms with van der Waals surface area (Å²) in [6.45, 7) is 3.28. The molecule has 0 aliphatic rings. The van der Waals surface area contributed by atoms with E-state index in [-0.39, 0.29) is 12.5 Å². The Hall–Kier alpha value is -1.59. The van der Waals surface area contributed by atoms with Crippen molar-refractivity contribution in [3.63, 3.8) is 0 Å². The number of rotatable bonds is 7. The van der Waals surface area contributed by atoms with E-state index < -0.39 is 0 Å². The maximum Gasteiger partial charge on any atom is 0.240 e. The van der Waals surface area contributed by atoms with Gasteiger partial charge in [0.2, 0.25) is 5.91 Å². The number of ether oxygens (including phenoxy) is 1. The van der Waals surface area contributed by atoms with Gasteiger partial charge in [-0.05, 0) is 24.6 Å². The second kappa shape index (κ2) is 7.43. The molecule has 0 aliphatic carbocycles. The average molecular weight is 310 g/mol. The van der Waals surface area contributed by atoms with Gasteiger partial charge in [-0.15, -0.1) is 11.6 Å². The highest BCUT2D eigenvalue weighted by Gasteiger charge is 2.13. The molecule has 2 aromatic rings. The Labute approximate surface area is 129 Å². The summed E-state index contributed by atoms with van der Waals surface area (Å²) in [5.74, 6) is 1.27. The maximum atomic E-state index is 12.0. The van der Waals surface area contributed by atoms with E-state index in [4.69, 9.17) is 16.3 Å². The number of hydrogen-bond donors (Lipinski definition) is 1. The first-order chi connectivity index (χ1) is 10.2. The normalized spacial score (nSPS) is 11.0. The minimum atomic E-state index is -0.0530. The summed E-state index contributed by atoms with van der Waals surface area (Å²) in [4.78, 5) is 16.6. The zero-order chi connectivity index (χ0) is 15.2. The van der Waals surface area contributed by atoms with Crippen LogP contribution in [-0.4, -0.2) is 41.6 Å². The summed E-state index contributed by atoms with van der Waals surface area (Å²) < 4.78 is 6.85. The number of aromatic nitrogens is 2. The van der Waals surface area contributed by atoms with Gasteiger partial charge in [0.15, 0.2) is 0 Å². The van der Waals surface area contributed by atoms with Gasteiger partial charge in [-0.3, -0.25) is 4.79 Å². The molecular formula is C15H20ClN3O2. The van der Waals surface area contributed by atoms with E-state index in [1.807, 2.05) is 29.7 Å². The van der Waals surface area contributed by atoms with Crippen molar-refractivity contribution in [1.82, 2.24) is 14.9 Å². The molecule has 0 spiro atoms. The maximum absolute atomic E-state index is 12.0. The Bertz CT molecular complexity index is 625. The fraction of sp³-hybridized carbons (Fsp3) is 0.467. The minimum Gasteiger partial charge on any atom is -0.383 e. The standard InChI is InChI=1S/C15H20ClN3O2/c1-11-3-4-13-12(9-11)18-14(5-6-16)19(13)10-15(20)17-7-8-21-2/h3-4,9H,5-8,10H2,1-2H3,(H,17,20). The lowest BCUT2D eigenvalue weighted by Gasteiger charge is -2.09. The highest BCUT2D eigenvalue weighted by atomic mass is 35.5. The Balaban J connectivity index is 2.23. The third kappa shape index (κ3) is 3.95. The number of nitrogens with zero attached hydrogens (tertiary/aromatic N) is 2. The first-order valence-corrected chi connectivity index (χ1v) is 7.46. The number of methoxy groups -OCH3 is 1. The van der Waals surface area contributed by atoms with Gasteiger partial charge >= 0.3 is 0 Å². The quantitative estimate of drug-likeness (QED) is 0.628. The molecule has 1 heterocycles. The van der Waals surface area contributed by atoms with Gasteiger partial charge in [-0.1, -0.05) is 6.07 Å². The van der Waals surface area contributed by atoms with E-state index in [2.05, 4.69) is 10.3 Å². The second-order valence-electron chi connectivity index (χ2n) is 4.89. The molecule has 0 saturated heterocycles. The van der Waals surface area contributed by atoms with E-state index in [1.54, 1.807) is 7.11 Å². The number of alkyl halides is 1. The predicted molar refractivity (Wildman–Crippen MR) is 83.8 cm³/mol. The molecule has 2 rings (SSSR count). The molecule has 0 unspecified atom stereocenters. The van der Waals surface area contributed by atoms with Crippen LogP contribution in [0, 0.1) is 6.92 Å². The molecule has 0 bridgehead atoms. The molecule has 0 aliphatic heterocycles. The second-order valence-corrected chi connectivity index (χ2v) is 5.27. The lowest BCUT2D eigenvalue weighted by molar-refractivity contribution is -0.121. The van der Waals surface area contributed by atoms with Gasteiger partial charge in [-0.25, -0.2) is 4.98 Å². The highest BCUT2D eigenvalue weighted by Crippen LogP contribution is 2.18. The number of fused-ring (bicyclic) bond motifs is 1. The Morgan fingerprint density at radius 2 is 2.29 bits per heavy atom. The van der Waals surface area contributed by atoms with E-state index in [0.717, 1.165) is 22.4 Å².